The van der Waals surface area contributed by atoms with Crippen molar-refractivity contribution in [2.45, 2.75) is 25.0 Å². The third-order valence-corrected chi connectivity index (χ3v) is 5.62. The van der Waals surface area contributed by atoms with Crippen LogP contribution in [-0.4, -0.2) is 55.8 Å². The van der Waals surface area contributed by atoms with Gasteiger partial charge in [-0.1, -0.05) is 12.1 Å². The topological polar surface area (TPSA) is 136 Å². The number of aliphatic hydroxyl groups is 2. The highest BCUT2D eigenvalue weighted by molar-refractivity contribution is 5.95. The number of hydrogen-bond acceptors (Lipinski definition) is 7. The van der Waals surface area contributed by atoms with Crippen molar-refractivity contribution in [2.75, 3.05) is 18.5 Å². The second-order valence-corrected chi connectivity index (χ2v) is 8.12. The number of carbonyl (C=O) groups excluding carboxylic acids is 1. The van der Waals surface area contributed by atoms with Crippen molar-refractivity contribution in [3.63, 3.8) is 0 Å². The summed E-state index contributed by atoms with van der Waals surface area (Å²) < 4.78 is 1.93. The molecule has 0 saturated heterocycles. The Morgan fingerprint density at radius 2 is 2.03 bits per heavy atom. The fraction of sp³-hybridized carbons (Fsp3) is 0.250. The molecule has 0 bridgehead atoms. The number of amides is 1. The zero-order valence-corrected chi connectivity index (χ0v) is 17.7. The number of rotatable bonds is 7. The summed E-state index contributed by atoms with van der Waals surface area (Å²) >= 11 is 0. The van der Waals surface area contributed by atoms with Crippen LogP contribution in [0.5, 0.6) is 0 Å². The van der Waals surface area contributed by atoms with Crippen LogP contribution in [0.3, 0.4) is 0 Å². The fourth-order valence-corrected chi connectivity index (χ4v) is 3.69. The SMILES string of the molecule is N#Cc1ccc2c(c1)nc(NCC(O)CO)c1ncc(-c3ccc(C(=O)NC4CC4)cc3)n12. The summed E-state index contributed by atoms with van der Waals surface area (Å²) in [6.07, 6.45) is 2.84. The molecule has 9 heteroatoms. The van der Waals surface area contributed by atoms with Gasteiger partial charge in [-0.15, -0.1) is 0 Å². The number of fused-ring (bicyclic) bond motifs is 3. The molecule has 1 aliphatic rings. The Hall–Kier alpha value is -4.00. The lowest BCUT2D eigenvalue weighted by Crippen LogP contribution is -2.25. The highest BCUT2D eigenvalue weighted by atomic mass is 16.3. The number of hydrogen-bond donors (Lipinski definition) is 4. The van der Waals surface area contributed by atoms with Crippen LogP contribution >= 0.6 is 0 Å². The van der Waals surface area contributed by atoms with Gasteiger partial charge in [0.25, 0.3) is 5.91 Å². The van der Waals surface area contributed by atoms with E-state index < -0.39 is 6.10 Å². The van der Waals surface area contributed by atoms with Crippen LogP contribution in [0.25, 0.3) is 27.9 Å². The molecule has 9 nitrogen and oxygen atoms in total. The molecule has 4 N–H and O–H groups in total. The van der Waals surface area contributed by atoms with E-state index in [9.17, 15) is 15.2 Å². The lowest BCUT2D eigenvalue weighted by Gasteiger charge is -2.13. The zero-order valence-electron chi connectivity index (χ0n) is 17.7. The number of nitrogens with zero attached hydrogens (tertiary/aromatic N) is 4. The van der Waals surface area contributed by atoms with Gasteiger partial charge >= 0.3 is 0 Å². The first-order valence-electron chi connectivity index (χ1n) is 10.7. The highest BCUT2D eigenvalue weighted by Crippen LogP contribution is 2.29. The average Bonchev–Trinajstić information content (AvgIpc) is 3.55. The summed E-state index contributed by atoms with van der Waals surface area (Å²) in [4.78, 5) is 21.5. The van der Waals surface area contributed by atoms with Gasteiger partial charge in [0.15, 0.2) is 11.5 Å². The van der Waals surface area contributed by atoms with E-state index in [4.69, 9.17) is 5.11 Å². The van der Waals surface area contributed by atoms with Gasteiger partial charge in [-0.05, 0) is 43.2 Å². The van der Waals surface area contributed by atoms with E-state index >= 15 is 0 Å². The van der Waals surface area contributed by atoms with E-state index in [-0.39, 0.29) is 19.1 Å². The Morgan fingerprint density at radius 3 is 2.73 bits per heavy atom. The number of imidazole rings is 1. The third-order valence-electron chi connectivity index (χ3n) is 5.62. The highest BCUT2D eigenvalue weighted by Gasteiger charge is 2.24. The molecule has 1 amide bonds. The summed E-state index contributed by atoms with van der Waals surface area (Å²) in [7, 11) is 0. The van der Waals surface area contributed by atoms with Crippen LogP contribution in [0.1, 0.15) is 28.8 Å². The van der Waals surface area contributed by atoms with Gasteiger partial charge in [0, 0.05) is 23.7 Å². The summed E-state index contributed by atoms with van der Waals surface area (Å²) in [5.74, 6) is 0.353. The molecule has 1 saturated carbocycles. The fourth-order valence-electron chi connectivity index (χ4n) is 3.69. The van der Waals surface area contributed by atoms with Crippen molar-refractivity contribution in [2.24, 2.45) is 0 Å². The average molecular weight is 442 g/mol. The first kappa shape index (κ1) is 20.9. The predicted molar refractivity (Wildman–Crippen MR) is 123 cm³/mol. The molecule has 2 heterocycles. The van der Waals surface area contributed by atoms with Crippen molar-refractivity contribution in [1.29, 1.82) is 5.26 Å². The van der Waals surface area contributed by atoms with Crippen molar-refractivity contribution in [3.05, 3.63) is 59.8 Å². The molecule has 1 aliphatic carbocycles. The minimum atomic E-state index is -0.947. The normalized spacial score (nSPS) is 14.2. The quantitative estimate of drug-likeness (QED) is 0.344. The third kappa shape index (κ3) is 4.09. The van der Waals surface area contributed by atoms with Crippen molar-refractivity contribution in [3.8, 4) is 17.3 Å². The Kier molecular flexibility index (Phi) is 5.38. The maximum atomic E-state index is 12.3. The Balaban J connectivity index is 1.59. The molecule has 1 unspecified atom stereocenters. The summed E-state index contributed by atoms with van der Waals surface area (Å²) in [6.45, 7) is -0.286. The van der Waals surface area contributed by atoms with E-state index in [2.05, 4.69) is 26.7 Å². The smallest absolute Gasteiger partial charge is 0.251 e. The monoisotopic (exact) mass is 442 g/mol. The number of anilines is 1. The molecule has 0 spiro atoms. The van der Waals surface area contributed by atoms with Gasteiger partial charge in [-0.3, -0.25) is 9.20 Å². The van der Waals surface area contributed by atoms with Crippen LogP contribution < -0.4 is 10.6 Å². The Labute approximate surface area is 189 Å². The number of nitrogens with one attached hydrogen (secondary N) is 2. The van der Waals surface area contributed by atoms with Gasteiger partial charge in [0.05, 0.1) is 47.3 Å². The Bertz CT molecular complexity index is 1390. The molecule has 5 rings (SSSR count). The molecule has 2 aromatic carbocycles. The minimum absolute atomic E-state index is 0.0743. The summed E-state index contributed by atoms with van der Waals surface area (Å²) in [5.41, 5.74) is 4.63. The van der Waals surface area contributed by atoms with E-state index in [1.807, 2.05) is 22.6 Å². The second-order valence-electron chi connectivity index (χ2n) is 8.12. The van der Waals surface area contributed by atoms with Gasteiger partial charge < -0.3 is 20.8 Å². The largest absolute Gasteiger partial charge is 0.394 e. The van der Waals surface area contributed by atoms with Crippen LogP contribution in [0.4, 0.5) is 5.82 Å². The summed E-state index contributed by atoms with van der Waals surface area (Å²) in [5, 5.41) is 34.2. The summed E-state index contributed by atoms with van der Waals surface area (Å²) in [6, 6.07) is 15.0. The van der Waals surface area contributed by atoms with Gasteiger partial charge in [0.1, 0.15) is 0 Å². The molecule has 1 fully saturated rings. The molecule has 2 aromatic heterocycles. The molecular formula is C24H22N6O3. The van der Waals surface area contributed by atoms with E-state index in [0.717, 1.165) is 29.6 Å². The standard InChI is InChI=1S/C24H22N6O3/c25-10-14-1-8-20-19(9-14)29-22(26-11-18(32)13-31)23-27-12-21(30(20)23)15-2-4-16(5-3-15)24(33)28-17-6-7-17/h1-5,8-9,12,17-18,31-32H,6-7,11,13H2,(H,26,29)(H,28,33). The van der Waals surface area contributed by atoms with Crippen LogP contribution in [0, 0.1) is 11.3 Å². The van der Waals surface area contributed by atoms with Gasteiger partial charge in [0.2, 0.25) is 0 Å². The second kappa shape index (κ2) is 8.50. The lowest BCUT2D eigenvalue weighted by molar-refractivity contribution is 0.0951. The number of aromatic nitrogens is 3. The maximum Gasteiger partial charge on any atom is 0.251 e. The van der Waals surface area contributed by atoms with E-state index in [0.29, 0.717) is 34.2 Å². The van der Waals surface area contributed by atoms with Crippen LogP contribution in [0.15, 0.2) is 48.7 Å². The minimum Gasteiger partial charge on any atom is -0.394 e. The van der Waals surface area contributed by atoms with E-state index in [1.54, 1.807) is 30.5 Å². The first-order chi connectivity index (χ1) is 16.1. The molecule has 0 radical (unpaired) electrons. The van der Waals surface area contributed by atoms with Crippen LogP contribution in [0.2, 0.25) is 0 Å². The van der Waals surface area contributed by atoms with Crippen molar-refractivity contribution < 1.29 is 15.0 Å². The predicted octanol–water partition coefficient (Wildman–Crippen LogP) is 2.08. The zero-order chi connectivity index (χ0) is 22.9. The number of nitriles is 1. The van der Waals surface area contributed by atoms with Crippen molar-refractivity contribution in [1.82, 2.24) is 19.7 Å². The number of carbonyl (C=O) groups is 1. The number of benzene rings is 2. The lowest BCUT2D eigenvalue weighted by atomic mass is 10.1. The molecular weight excluding hydrogens is 420 g/mol. The first-order valence-corrected chi connectivity index (χ1v) is 10.7. The van der Waals surface area contributed by atoms with E-state index in [1.165, 1.54) is 0 Å². The molecule has 0 aliphatic heterocycles. The van der Waals surface area contributed by atoms with Gasteiger partial charge in [-0.2, -0.15) is 5.26 Å². The molecule has 33 heavy (non-hydrogen) atoms. The molecule has 1 atom stereocenters. The van der Waals surface area contributed by atoms with Crippen LogP contribution in [-0.2, 0) is 0 Å². The molecule has 4 aromatic rings. The Morgan fingerprint density at radius 1 is 1.24 bits per heavy atom. The molecule has 166 valence electrons. The van der Waals surface area contributed by atoms with Crippen molar-refractivity contribution >= 4 is 28.4 Å². The van der Waals surface area contributed by atoms with Gasteiger partial charge in [-0.25, -0.2) is 9.97 Å². The maximum absolute atomic E-state index is 12.3. The number of aliphatic hydroxyl groups excluding tert-OH is 2.